The predicted molar refractivity (Wildman–Crippen MR) is 108 cm³/mol. The summed E-state index contributed by atoms with van der Waals surface area (Å²) in [6, 6.07) is 1.85. The highest BCUT2D eigenvalue weighted by atomic mass is 16.2. The molecule has 0 radical (unpaired) electrons. The van der Waals surface area contributed by atoms with Crippen LogP contribution in [0.4, 0.5) is 5.95 Å². The number of hydrogen-bond donors (Lipinski definition) is 1. The summed E-state index contributed by atoms with van der Waals surface area (Å²) in [5.74, 6) is 0.284. The molecule has 2 aromatic rings. The largest absolute Gasteiger partial charge is 0.344 e. The van der Waals surface area contributed by atoms with Gasteiger partial charge in [-0.3, -0.25) is 19.0 Å². The molecule has 0 unspecified atom stereocenters. The van der Waals surface area contributed by atoms with Gasteiger partial charge in [-0.2, -0.15) is 0 Å². The lowest BCUT2D eigenvalue weighted by Gasteiger charge is -2.18. The Labute approximate surface area is 158 Å². The number of hydrogen-bond acceptors (Lipinski definition) is 5. The van der Waals surface area contributed by atoms with Crippen LogP contribution in [-0.2, 0) is 17.8 Å². The van der Waals surface area contributed by atoms with Crippen molar-refractivity contribution in [3.63, 3.8) is 0 Å². The van der Waals surface area contributed by atoms with Crippen LogP contribution in [0.25, 0.3) is 5.52 Å². The summed E-state index contributed by atoms with van der Waals surface area (Å²) in [5.41, 5.74) is 1.87. The molecule has 2 rings (SSSR count). The third-order valence-electron chi connectivity index (χ3n) is 4.13. The van der Waals surface area contributed by atoms with E-state index in [9.17, 15) is 9.59 Å². The fourth-order valence-electron chi connectivity index (χ4n) is 2.54. The number of anilines is 1. The summed E-state index contributed by atoms with van der Waals surface area (Å²) >= 11 is 0. The molecule has 0 saturated carbocycles. The second kappa shape index (κ2) is 8.98. The Bertz CT molecular complexity index is 951. The Morgan fingerprint density at radius 2 is 2.19 bits per heavy atom. The minimum absolute atomic E-state index is 0.170. The molecule has 8 heteroatoms. The number of amides is 1. The highest BCUT2D eigenvalue weighted by Crippen LogP contribution is 2.14. The van der Waals surface area contributed by atoms with Gasteiger partial charge in [-0.1, -0.05) is 13.5 Å². The highest BCUT2D eigenvalue weighted by molar-refractivity contribution is 5.80. The Kier molecular flexibility index (Phi) is 6.70. The molecule has 2 heterocycles. The van der Waals surface area contributed by atoms with E-state index in [4.69, 9.17) is 0 Å². The van der Waals surface area contributed by atoms with Crippen LogP contribution in [0.5, 0.6) is 0 Å². The normalized spacial score (nSPS) is 11.9. The van der Waals surface area contributed by atoms with Crippen LogP contribution in [0, 0.1) is 0 Å². The van der Waals surface area contributed by atoms with Gasteiger partial charge >= 0.3 is 0 Å². The number of allylic oxidation sites excluding steroid dienone is 2. The van der Waals surface area contributed by atoms with Crippen molar-refractivity contribution in [2.75, 3.05) is 18.5 Å². The molecule has 0 saturated heterocycles. The third-order valence-corrected chi connectivity index (χ3v) is 4.13. The van der Waals surface area contributed by atoms with Crippen molar-refractivity contribution in [1.29, 1.82) is 0 Å². The number of fused-ring (bicyclic) bond motifs is 1. The van der Waals surface area contributed by atoms with E-state index in [1.54, 1.807) is 17.4 Å². The maximum atomic E-state index is 12.8. The number of aromatic nitrogens is 3. The number of nitrogens with one attached hydrogen (secondary N) is 1. The lowest BCUT2D eigenvalue weighted by molar-refractivity contribution is -0.121. The molecule has 0 aromatic carbocycles. The van der Waals surface area contributed by atoms with Crippen molar-refractivity contribution in [2.45, 2.75) is 33.7 Å². The van der Waals surface area contributed by atoms with Gasteiger partial charge in [-0.25, -0.2) is 4.68 Å². The summed E-state index contributed by atoms with van der Waals surface area (Å²) in [7, 11) is 1.90. The second-order valence-electron chi connectivity index (χ2n) is 6.11. The second-order valence-corrected chi connectivity index (χ2v) is 6.11. The van der Waals surface area contributed by atoms with E-state index in [-0.39, 0.29) is 18.0 Å². The van der Waals surface area contributed by atoms with Gasteiger partial charge in [-0.05, 0) is 38.0 Å². The first kappa shape index (κ1) is 20.2. The van der Waals surface area contributed by atoms with E-state index in [1.165, 1.54) is 17.1 Å². The zero-order valence-corrected chi connectivity index (χ0v) is 16.3. The van der Waals surface area contributed by atoms with E-state index in [2.05, 4.69) is 22.0 Å². The Morgan fingerprint density at radius 1 is 1.44 bits per heavy atom. The van der Waals surface area contributed by atoms with Crippen LogP contribution < -0.4 is 15.8 Å². The van der Waals surface area contributed by atoms with Crippen molar-refractivity contribution < 1.29 is 4.79 Å². The fourth-order valence-corrected chi connectivity index (χ4v) is 2.54. The molecular formula is C19H26N6O2. The molecule has 1 amide bonds. The first-order valence-corrected chi connectivity index (χ1v) is 8.85. The van der Waals surface area contributed by atoms with Gasteiger partial charge < -0.3 is 10.2 Å². The summed E-state index contributed by atoms with van der Waals surface area (Å²) in [5, 5.41) is 7.13. The van der Waals surface area contributed by atoms with Crippen LogP contribution in [0.2, 0.25) is 0 Å². The molecule has 0 aliphatic carbocycles. The molecule has 0 bridgehead atoms. The number of nitrogens with zero attached hydrogens (tertiary/aromatic N) is 5. The quantitative estimate of drug-likeness (QED) is 0.718. The molecule has 8 nitrogen and oxygen atoms in total. The van der Waals surface area contributed by atoms with Gasteiger partial charge in [-0.15, -0.1) is 5.10 Å². The lowest BCUT2D eigenvalue weighted by Crippen LogP contribution is -2.35. The van der Waals surface area contributed by atoms with Crippen molar-refractivity contribution in [2.24, 2.45) is 4.99 Å². The van der Waals surface area contributed by atoms with Gasteiger partial charge in [0.05, 0.1) is 0 Å². The standard InChI is InChI=1S/C19H26N6O2/c1-6-15-11-16-18(27)25(22-19(23(5)8-3)24(16)12-15)13-17(26)21-14(4)9-10-20-7-2/h7,9-12H,2,6,8,13H2,1,3-5H3,(H,21,26)/b14-9+,20-10-. The maximum absolute atomic E-state index is 12.8. The Morgan fingerprint density at radius 3 is 2.81 bits per heavy atom. The fraction of sp³-hybridized carbons (Fsp3) is 0.368. The SMILES string of the molecule is C=C/N=C\C=C(/C)NC(=O)Cn1nc(N(C)CC)n2cc(CC)cc2c1=O. The zero-order valence-electron chi connectivity index (χ0n) is 16.3. The van der Waals surface area contributed by atoms with Crippen molar-refractivity contribution >= 4 is 23.6 Å². The van der Waals surface area contributed by atoms with Crippen LogP contribution in [0.1, 0.15) is 26.3 Å². The summed E-state index contributed by atoms with van der Waals surface area (Å²) in [4.78, 5) is 30.9. The van der Waals surface area contributed by atoms with E-state index >= 15 is 0 Å². The number of aliphatic imine (C=N–C) groups is 1. The van der Waals surface area contributed by atoms with Crippen LogP contribution in [0.15, 0.2) is 46.6 Å². The predicted octanol–water partition coefficient (Wildman–Crippen LogP) is 1.75. The molecule has 2 aromatic heterocycles. The summed E-state index contributed by atoms with van der Waals surface area (Å²) < 4.78 is 2.99. The van der Waals surface area contributed by atoms with Crippen molar-refractivity contribution in [1.82, 2.24) is 19.5 Å². The van der Waals surface area contributed by atoms with Gasteiger partial charge in [0.1, 0.15) is 12.1 Å². The van der Waals surface area contributed by atoms with E-state index in [0.717, 1.165) is 18.5 Å². The van der Waals surface area contributed by atoms with E-state index in [1.807, 2.05) is 38.1 Å². The number of carbonyl (C=O) groups excluding carboxylic acids is 1. The topological polar surface area (TPSA) is 84.0 Å². The number of aryl methyl sites for hydroxylation is 1. The van der Waals surface area contributed by atoms with Gasteiger partial charge in [0.15, 0.2) is 0 Å². The minimum Gasteiger partial charge on any atom is -0.344 e. The lowest BCUT2D eigenvalue weighted by atomic mass is 10.3. The first-order chi connectivity index (χ1) is 12.9. The number of rotatable bonds is 8. The Hall–Kier alpha value is -3.16. The third kappa shape index (κ3) is 4.72. The molecule has 144 valence electrons. The van der Waals surface area contributed by atoms with Gasteiger partial charge in [0.2, 0.25) is 11.9 Å². The molecule has 0 spiro atoms. The van der Waals surface area contributed by atoms with Gasteiger partial charge in [0, 0.05) is 37.9 Å². The summed E-state index contributed by atoms with van der Waals surface area (Å²) in [6.07, 6.45) is 7.31. The average Bonchev–Trinajstić information content (AvgIpc) is 3.08. The number of carbonyl (C=O) groups is 1. The monoisotopic (exact) mass is 370 g/mol. The van der Waals surface area contributed by atoms with Crippen LogP contribution >= 0.6 is 0 Å². The highest BCUT2D eigenvalue weighted by Gasteiger charge is 2.16. The molecule has 0 fully saturated rings. The van der Waals surface area contributed by atoms with Crippen molar-refractivity contribution in [3.05, 3.63) is 52.7 Å². The molecular weight excluding hydrogens is 344 g/mol. The maximum Gasteiger partial charge on any atom is 0.291 e. The van der Waals surface area contributed by atoms with E-state index < -0.39 is 0 Å². The smallest absolute Gasteiger partial charge is 0.291 e. The van der Waals surface area contributed by atoms with Crippen molar-refractivity contribution in [3.8, 4) is 0 Å². The molecule has 0 aliphatic rings. The first-order valence-electron chi connectivity index (χ1n) is 8.85. The Balaban J connectivity index is 2.37. The van der Waals surface area contributed by atoms with E-state index in [0.29, 0.717) is 17.2 Å². The molecule has 1 N–H and O–H groups in total. The zero-order chi connectivity index (χ0) is 20.0. The van der Waals surface area contributed by atoms with Crippen LogP contribution in [-0.4, -0.2) is 39.9 Å². The summed E-state index contributed by atoms with van der Waals surface area (Å²) in [6.45, 7) is 9.80. The molecule has 0 aliphatic heterocycles. The average molecular weight is 370 g/mol. The minimum atomic E-state index is -0.331. The van der Waals surface area contributed by atoms with Crippen LogP contribution in [0.3, 0.4) is 0 Å². The molecule has 0 atom stereocenters. The molecule has 27 heavy (non-hydrogen) atoms. The van der Waals surface area contributed by atoms with Gasteiger partial charge in [0.25, 0.3) is 5.56 Å².